The Morgan fingerprint density at radius 1 is 1.24 bits per heavy atom. The second-order valence-electron chi connectivity index (χ2n) is 5.26. The molecular weight excluding hydrogens is 404 g/mol. The zero-order chi connectivity index (χ0) is 17.8. The first kappa shape index (κ1) is 17.8. The number of para-hydroxylation sites is 1. The number of methoxy groups -OCH3 is 2. The Morgan fingerprint density at radius 3 is 2.76 bits per heavy atom. The van der Waals surface area contributed by atoms with Crippen LogP contribution >= 0.6 is 27.3 Å². The number of rotatable bonds is 6. The van der Waals surface area contributed by atoms with Gasteiger partial charge in [0.2, 0.25) is 0 Å². The first-order chi connectivity index (χ1) is 12.1. The van der Waals surface area contributed by atoms with Crippen LogP contribution in [0.15, 0.2) is 46.9 Å². The van der Waals surface area contributed by atoms with Crippen molar-refractivity contribution in [2.75, 3.05) is 32.3 Å². The van der Waals surface area contributed by atoms with Crippen LogP contribution < -0.4 is 9.64 Å². The van der Waals surface area contributed by atoms with Gasteiger partial charge in [0.1, 0.15) is 5.75 Å². The molecule has 0 saturated heterocycles. The van der Waals surface area contributed by atoms with E-state index in [0.717, 1.165) is 10.2 Å². The fourth-order valence-corrected chi connectivity index (χ4v) is 3.79. The molecule has 0 fully saturated rings. The fourth-order valence-electron chi connectivity index (χ4n) is 2.38. The summed E-state index contributed by atoms with van der Waals surface area (Å²) in [5.41, 5.74) is 1.40. The zero-order valence-electron chi connectivity index (χ0n) is 13.9. The predicted molar refractivity (Wildman–Crippen MR) is 104 cm³/mol. The largest absolute Gasteiger partial charge is 0.497 e. The van der Waals surface area contributed by atoms with Crippen LogP contribution in [-0.4, -0.2) is 38.3 Å². The van der Waals surface area contributed by atoms with E-state index in [4.69, 9.17) is 9.47 Å². The molecule has 3 aromatic rings. The van der Waals surface area contributed by atoms with Gasteiger partial charge >= 0.3 is 0 Å². The molecule has 0 spiro atoms. The van der Waals surface area contributed by atoms with Crippen molar-refractivity contribution < 1.29 is 14.3 Å². The van der Waals surface area contributed by atoms with E-state index < -0.39 is 0 Å². The average molecular weight is 421 g/mol. The summed E-state index contributed by atoms with van der Waals surface area (Å²) in [7, 11) is 3.19. The van der Waals surface area contributed by atoms with Gasteiger partial charge in [-0.2, -0.15) is 0 Å². The van der Waals surface area contributed by atoms with E-state index in [2.05, 4.69) is 20.9 Å². The molecule has 3 rings (SSSR count). The number of benzene rings is 2. The molecular formula is C18H17BrN2O3S. The van der Waals surface area contributed by atoms with Crippen LogP contribution in [0.4, 0.5) is 5.13 Å². The number of fused-ring (bicyclic) bond motifs is 1. The molecule has 0 aliphatic heterocycles. The summed E-state index contributed by atoms with van der Waals surface area (Å²) in [5, 5.41) is 0.651. The molecule has 0 radical (unpaired) electrons. The second-order valence-corrected chi connectivity index (χ2v) is 7.12. The molecule has 0 saturated carbocycles. The van der Waals surface area contributed by atoms with E-state index in [9.17, 15) is 4.79 Å². The topological polar surface area (TPSA) is 51.7 Å². The molecule has 0 aliphatic rings. The third-order valence-electron chi connectivity index (χ3n) is 3.68. The van der Waals surface area contributed by atoms with Gasteiger partial charge in [-0.05, 0) is 46.3 Å². The predicted octanol–water partition coefficient (Wildman–Crippen LogP) is 4.36. The van der Waals surface area contributed by atoms with Gasteiger partial charge in [-0.1, -0.05) is 23.5 Å². The third kappa shape index (κ3) is 3.84. The van der Waals surface area contributed by atoms with Gasteiger partial charge in [-0.3, -0.25) is 9.69 Å². The third-order valence-corrected chi connectivity index (χ3v) is 5.43. The number of aromatic nitrogens is 1. The minimum atomic E-state index is -0.151. The average Bonchev–Trinajstić information content (AvgIpc) is 3.06. The van der Waals surface area contributed by atoms with Crippen LogP contribution in [0.3, 0.4) is 0 Å². The Hall–Kier alpha value is -1.96. The number of hydrogen-bond donors (Lipinski definition) is 0. The van der Waals surface area contributed by atoms with Crippen LogP contribution in [-0.2, 0) is 4.74 Å². The number of nitrogens with zero attached hydrogens (tertiary/aromatic N) is 2. The first-order valence-electron chi connectivity index (χ1n) is 7.64. The summed E-state index contributed by atoms with van der Waals surface area (Å²) in [6.07, 6.45) is 0. The minimum Gasteiger partial charge on any atom is -0.497 e. The molecule has 7 heteroatoms. The van der Waals surface area contributed by atoms with Crippen molar-refractivity contribution in [3.05, 3.63) is 52.5 Å². The molecule has 1 aromatic heterocycles. The summed E-state index contributed by atoms with van der Waals surface area (Å²) in [5.74, 6) is 0.476. The lowest BCUT2D eigenvalue weighted by atomic mass is 10.2. The molecule has 0 N–H and O–H groups in total. The van der Waals surface area contributed by atoms with E-state index in [1.54, 1.807) is 37.3 Å². The Bertz CT molecular complexity index is 864. The van der Waals surface area contributed by atoms with Crippen molar-refractivity contribution in [1.29, 1.82) is 0 Å². The highest BCUT2D eigenvalue weighted by molar-refractivity contribution is 9.10. The van der Waals surface area contributed by atoms with Crippen LogP contribution in [0.2, 0.25) is 0 Å². The fraction of sp³-hybridized carbons (Fsp3) is 0.222. The standard InChI is InChI=1S/C18H17BrN2O3S/c1-23-10-9-21(18-20-15-5-3-4-6-16(15)25-18)17(22)13-11-12(24-2)7-8-14(13)19/h3-8,11H,9-10H2,1-2H3. The summed E-state index contributed by atoms with van der Waals surface area (Å²) < 4.78 is 12.2. The van der Waals surface area contributed by atoms with Crippen molar-refractivity contribution in [3.63, 3.8) is 0 Å². The number of halogens is 1. The van der Waals surface area contributed by atoms with Gasteiger partial charge in [0, 0.05) is 11.6 Å². The molecule has 130 valence electrons. The monoisotopic (exact) mass is 420 g/mol. The van der Waals surface area contributed by atoms with Gasteiger partial charge < -0.3 is 9.47 Å². The van der Waals surface area contributed by atoms with Gasteiger partial charge in [-0.25, -0.2) is 4.98 Å². The molecule has 0 atom stereocenters. The molecule has 0 bridgehead atoms. The number of amides is 1. The first-order valence-corrected chi connectivity index (χ1v) is 9.25. The van der Waals surface area contributed by atoms with Gasteiger partial charge in [0.05, 0.1) is 36.0 Å². The Balaban J connectivity index is 2.01. The molecule has 25 heavy (non-hydrogen) atoms. The van der Waals surface area contributed by atoms with Crippen molar-refractivity contribution in [1.82, 2.24) is 4.98 Å². The number of carbonyl (C=O) groups is 1. The number of thiazole rings is 1. The number of anilines is 1. The molecule has 0 aliphatic carbocycles. The molecule has 0 unspecified atom stereocenters. The Kier molecular flexibility index (Phi) is 5.67. The summed E-state index contributed by atoms with van der Waals surface area (Å²) in [6, 6.07) is 13.2. The number of hydrogen-bond acceptors (Lipinski definition) is 5. The van der Waals surface area contributed by atoms with Crippen LogP contribution in [0.5, 0.6) is 5.75 Å². The van der Waals surface area contributed by atoms with Gasteiger partial charge in [0.15, 0.2) is 5.13 Å². The highest BCUT2D eigenvalue weighted by atomic mass is 79.9. The maximum atomic E-state index is 13.2. The lowest BCUT2D eigenvalue weighted by Crippen LogP contribution is -2.34. The molecule has 1 heterocycles. The van der Waals surface area contributed by atoms with Crippen LogP contribution in [0, 0.1) is 0 Å². The smallest absolute Gasteiger partial charge is 0.261 e. The molecule has 5 nitrogen and oxygen atoms in total. The van der Waals surface area contributed by atoms with Gasteiger partial charge in [-0.15, -0.1) is 0 Å². The highest BCUT2D eigenvalue weighted by Crippen LogP contribution is 2.31. The Labute approximate surface area is 158 Å². The van der Waals surface area contributed by atoms with E-state index >= 15 is 0 Å². The van der Waals surface area contributed by atoms with Crippen LogP contribution in [0.25, 0.3) is 10.2 Å². The lowest BCUT2D eigenvalue weighted by molar-refractivity contribution is 0.0975. The normalized spacial score (nSPS) is 10.8. The van der Waals surface area contributed by atoms with Crippen LogP contribution in [0.1, 0.15) is 10.4 Å². The minimum absolute atomic E-state index is 0.151. The van der Waals surface area contributed by atoms with Crippen molar-refractivity contribution in [3.8, 4) is 5.75 Å². The Morgan fingerprint density at radius 2 is 2.04 bits per heavy atom. The summed E-state index contributed by atoms with van der Waals surface area (Å²) in [4.78, 5) is 19.4. The van der Waals surface area contributed by atoms with E-state index in [-0.39, 0.29) is 5.91 Å². The van der Waals surface area contributed by atoms with E-state index in [1.165, 1.54) is 11.3 Å². The number of carbonyl (C=O) groups excluding carboxylic acids is 1. The van der Waals surface area contributed by atoms with Crippen molar-refractivity contribution in [2.24, 2.45) is 0 Å². The summed E-state index contributed by atoms with van der Waals surface area (Å²) in [6.45, 7) is 0.835. The molecule has 1 amide bonds. The van der Waals surface area contributed by atoms with Gasteiger partial charge in [0.25, 0.3) is 5.91 Å². The lowest BCUT2D eigenvalue weighted by Gasteiger charge is -2.20. The van der Waals surface area contributed by atoms with E-state index in [1.807, 2.05) is 24.3 Å². The quantitative estimate of drug-likeness (QED) is 0.594. The maximum absolute atomic E-state index is 13.2. The SMILES string of the molecule is COCCN(C(=O)c1cc(OC)ccc1Br)c1nc2ccccc2s1. The summed E-state index contributed by atoms with van der Waals surface area (Å²) >= 11 is 4.94. The zero-order valence-corrected chi connectivity index (χ0v) is 16.3. The van der Waals surface area contributed by atoms with Crippen molar-refractivity contribution in [2.45, 2.75) is 0 Å². The maximum Gasteiger partial charge on any atom is 0.261 e. The highest BCUT2D eigenvalue weighted by Gasteiger charge is 2.23. The molecule has 2 aromatic carbocycles. The number of ether oxygens (including phenoxy) is 2. The van der Waals surface area contributed by atoms with Crippen molar-refractivity contribution >= 4 is 48.5 Å². The van der Waals surface area contributed by atoms with E-state index in [0.29, 0.717) is 34.1 Å². The second kappa shape index (κ2) is 7.95.